The molecule has 21 heavy (non-hydrogen) atoms. The second-order valence-corrected chi connectivity index (χ2v) is 8.05. The fourth-order valence-corrected chi connectivity index (χ4v) is 4.68. The molecule has 1 fully saturated rings. The van der Waals surface area contributed by atoms with Crippen LogP contribution in [-0.2, 0) is 10.0 Å². The van der Waals surface area contributed by atoms with Gasteiger partial charge in [-0.3, -0.25) is 4.72 Å². The predicted molar refractivity (Wildman–Crippen MR) is 90.1 cm³/mol. The van der Waals surface area contributed by atoms with Gasteiger partial charge in [0, 0.05) is 9.86 Å². The van der Waals surface area contributed by atoms with Gasteiger partial charge in [-0.15, -0.1) is 0 Å². The molecule has 1 aliphatic heterocycles. The van der Waals surface area contributed by atoms with Crippen molar-refractivity contribution < 1.29 is 8.42 Å². The number of hydrogen-bond acceptors (Lipinski definition) is 3. The van der Waals surface area contributed by atoms with E-state index in [1.165, 1.54) is 0 Å². The minimum absolute atomic E-state index is 0.318. The summed E-state index contributed by atoms with van der Waals surface area (Å²) < 4.78 is 28.8. The Morgan fingerprint density at radius 2 is 1.71 bits per heavy atom. The van der Waals surface area contributed by atoms with Crippen LogP contribution in [0.3, 0.4) is 0 Å². The van der Waals surface area contributed by atoms with Crippen LogP contribution in [0.1, 0.15) is 12.8 Å². The van der Waals surface area contributed by atoms with E-state index in [1.54, 1.807) is 0 Å². The van der Waals surface area contributed by atoms with Crippen LogP contribution in [0.2, 0.25) is 0 Å². The van der Waals surface area contributed by atoms with Gasteiger partial charge in [0.05, 0.1) is 10.9 Å². The highest BCUT2D eigenvalue weighted by molar-refractivity contribution is 9.10. The summed E-state index contributed by atoms with van der Waals surface area (Å²) in [5.41, 5.74) is 0.646. The molecule has 2 N–H and O–H groups in total. The summed E-state index contributed by atoms with van der Waals surface area (Å²) in [5, 5.41) is 4.78. The molecule has 0 spiro atoms. The maximum atomic E-state index is 12.5. The van der Waals surface area contributed by atoms with E-state index in [4.69, 9.17) is 0 Å². The third kappa shape index (κ3) is 3.07. The van der Waals surface area contributed by atoms with Gasteiger partial charge < -0.3 is 5.32 Å². The van der Waals surface area contributed by atoms with E-state index >= 15 is 0 Å². The SMILES string of the molecule is O=S(=O)(Nc1ccc(Br)c2ccccc12)C1CCNCC1. The quantitative estimate of drug-likeness (QED) is 0.874. The molecule has 0 unspecified atom stereocenters. The second-order valence-electron chi connectivity index (χ2n) is 5.24. The van der Waals surface area contributed by atoms with E-state index in [1.807, 2.05) is 36.4 Å². The Morgan fingerprint density at radius 3 is 2.43 bits per heavy atom. The lowest BCUT2D eigenvalue weighted by Gasteiger charge is -2.23. The molecule has 0 radical (unpaired) electrons. The number of benzene rings is 2. The molecule has 1 saturated heterocycles. The Bertz CT molecular complexity index is 755. The van der Waals surface area contributed by atoms with E-state index < -0.39 is 10.0 Å². The summed E-state index contributed by atoms with van der Waals surface area (Å²) in [6.07, 6.45) is 1.31. The van der Waals surface area contributed by atoms with Gasteiger partial charge in [-0.2, -0.15) is 0 Å². The number of piperidine rings is 1. The van der Waals surface area contributed by atoms with Crippen molar-refractivity contribution in [2.45, 2.75) is 18.1 Å². The lowest BCUT2D eigenvalue weighted by molar-refractivity contribution is 0.499. The number of hydrogen-bond donors (Lipinski definition) is 2. The first-order valence-electron chi connectivity index (χ1n) is 6.97. The summed E-state index contributed by atoms with van der Waals surface area (Å²) in [7, 11) is -3.35. The second kappa shape index (κ2) is 5.94. The molecule has 112 valence electrons. The fraction of sp³-hybridized carbons (Fsp3) is 0.333. The van der Waals surface area contributed by atoms with E-state index in [0.29, 0.717) is 18.5 Å². The molecule has 3 rings (SSSR count). The van der Waals surface area contributed by atoms with E-state index in [0.717, 1.165) is 28.3 Å². The van der Waals surface area contributed by atoms with Gasteiger partial charge in [-0.05, 0) is 43.5 Å². The maximum absolute atomic E-state index is 12.5. The Kier molecular flexibility index (Phi) is 4.19. The Balaban J connectivity index is 1.96. The molecule has 0 saturated carbocycles. The molecule has 6 heteroatoms. The zero-order chi connectivity index (χ0) is 14.9. The molecule has 0 amide bonds. The van der Waals surface area contributed by atoms with Crippen LogP contribution < -0.4 is 10.0 Å². The monoisotopic (exact) mass is 368 g/mol. The van der Waals surface area contributed by atoms with Crippen LogP contribution >= 0.6 is 15.9 Å². The fourth-order valence-electron chi connectivity index (χ4n) is 2.69. The minimum Gasteiger partial charge on any atom is -0.317 e. The number of halogens is 1. The first-order valence-corrected chi connectivity index (χ1v) is 9.31. The lowest BCUT2D eigenvalue weighted by Crippen LogP contribution is -2.38. The van der Waals surface area contributed by atoms with Crippen LogP contribution in [0, 0.1) is 0 Å². The van der Waals surface area contributed by atoms with Gasteiger partial charge in [0.2, 0.25) is 10.0 Å². The standard InChI is InChI=1S/C15H17BrN2O2S/c16-14-5-6-15(13-4-2-1-3-12(13)14)18-21(19,20)11-7-9-17-10-8-11/h1-6,11,17-18H,7-10H2. The average molecular weight is 369 g/mol. The Morgan fingerprint density at radius 1 is 1.05 bits per heavy atom. The van der Waals surface area contributed by atoms with Crippen LogP contribution in [0.4, 0.5) is 5.69 Å². The average Bonchev–Trinajstić information content (AvgIpc) is 2.51. The molecule has 2 aromatic carbocycles. The Hall–Kier alpha value is -1.11. The summed E-state index contributed by atoms with van der Waals surface area (Å²) in [4.78, 5) is 0. The number of fused-ring (bicyclic) bond motifs is 1. The first kappa shape index (κ1) is 14.8. The van der Waals surface area contributed by atoms with Gasteiger partial charge in [0.1, 0.15) is 0 Å². The summed E-state index contributed by atoms with van der Waals surface area (Å²) in [6, 6.07) is 11.4. The van der Waals surface area contributed by atoms with E-state index in [2.05, 4.69) is 26.0 Å². The maximum Gasteiger partial charge on any atom is 0.235 e. The molecule has 0 bridgehead atoms. The van der Waals surface area contributed by atoms with Gasteiger partial charge in [-0.1, -0.05) is 40.2 Å². The van der Waals surface area contributed by atoms with E-state index in [9.17, 15) is 8.42 Å². The van der Waals surface area contributed by atoms with Gasteiger partial charge >= 0.3 is 0 Å². The number of anilines is 1. The molecular formula is C15H17BrN2O2S. The summed E-state index contributed by atoms with van der Waals surface area (Å²) in [5.74, 6) is 0. The smallest absolute Gasteiger partial charge is 0.235 e. The van der Waals surface area contributed by atoms with Crippen LogP contribution in [0.5, 0.6) is 0 Å². The Labute approximate surface area is 133 Å². The van der Waals surface area contributed by atoms with Crippen molar-refractivity contribution in [3.8, 4) is 0 Å². The number of nitrogens with one attached hydrogen (secondary N) is 2. The summed E-state index contributed by atoms with van der Waals surface area (Å²) >= 11 is 3.50. The highest BCUT2D eigenvalue weighted by atomic mass is 79.9. The van der Waals surface area contributed by atoms with Crippen molar-refractivity contribution >= 4 is 42.4 Å². The minimum atomic E-state index is -3.35. The molecule has 0 aromatic heterocycles. The molecule has 2 aromatic rings. The molecule has 0 atom stereocenters. The third-order valence-corrected chi connectivity index (χ3v) is 6.39. The van der Waals surface area contributed by atoms with Crippen molar-refractivity contribution in [1.82, 2.24) is 5.32 Å². The van der Waals surface area contributed by atoms with Gasteiger partial charge in [0.15, 0.2) is 0 Å². The summed E-state index contributed by atoms with van der Waals surface area (Å²) in [6.45, 7) is 1.51. The highest BCUT2D eigenvalue weighted by Gasteiger charge is 2.27. The van der Waals surface area contributed by atoms with Crippen molar-refractivity contribution in [2.24, 2.45) is 0 Å². The lowest BCUT2D eigenvalue weighted by atomic mass is 10.1. The van der Waals surface area contributed by atoms with Crippen molar-refractivity contribution in [3.05, 3.63) is 40.9 Å². The van der Waals surface area contributed by atoms with E-state index in [-0.39, 0.29) is 5.25 Å². The molecule has 1 aliphatic rings. The van der Waals surface area contributed by atoms with Gasteiger partial charge in [0.25, 0.3) is 0 Å². The first-order chi connectivity index (χ1) is 10.1. The third-order valence-electron chi connectivity index (χ3n) is 3.85. The van der Waals surface area contributed by atoms with Crippen molar-refractivity contribution in [2.75, 3.05) is 17.8 Å². The molecule has 4 nitrogen and oxygen atoms in total. The topological polar surface area (TPSA) is 58.2 Å². The van der Waals surface area contributed by atoms with Crippen molar-refractivity contribution in [1.29, 1.82) is 0 Å². The van der Waals surface area contributed by atoms with Crippen LogP contribution in [0.25, 0.3) is 10.8 Å². The number of rotatable bonds is 3. The molecule has 1 heterocycles. The van der Waals surface area contributed by atoms with Crippen LogP contribution in [0.15, 0.2) is 40.9 Å². The van der Waals surface area contributed by atoms with Crippen LogP contribution in [-0.4, -0.2) is 26.8 Å². The largest absolute Gasteiger partial charge is 0.317 e. The predicted octanol–water partition coefficient (Wildman–Crippen LogP) is 3.10. The highest BCUT2D eigenvalue weighted by Crippen LogP contribution is 2.31. The number of sulfonamides is 1. The molecular weight excluding hydrogens is 352 g/mol. The van der Waals surface area contributed by atoms with Crippen molar-refractivity contribution in [3.63, 3.8) is 0 Å². The van der Waals surface area contributed by atoms with Gasteiger partial charge in [-0.25, -0.2) is 8.42 Å². The zero-order valence-electron chi connectivity index (χ0n) is 11.5. The normalized spacial score (nSPS) is 17.0. The zero-order valence-corrected chi connectivity index (χ0v) is 13.9. The molecule has 0 aliphatic carbocycles.